The Morgan fingerprint density at radius 3 is 2.87 bits per heavy atom. The Morgan fingerprint density at radius 1 is 1.47 bits per heavy atom. The first-order chi connectivity index (χ1) is 7.33. The summed E-state index contributed by atoms with van der Waals surface area (Å²) in [4.78, 5) is 0. The van der Waals surface area contributed by atoms with Crippen molar-refractivity contribution in [1.29, 1.82) is 0 Å². The molecule has 0 spiro atoms. The molecule has 0 amide bonds. The average Bonchev–Trinajstić information content (AvgIpc) is 2.29. The number of hydroxylamine groups is 1. The summed E-state index contributed by atoms with van der Waals surface area (Å²) in [6.45, 7) is 0.284. The Hall–Kier alpha value is -2.08. The molecular weight excluding hydrogens is 196 g/mol. The summed E-state index contributed by atoms with van der Waals surface area (Å²) in [5.74, 6) is 0.576. The molecule has 0 fully saturated rings. The van der Waals surface area contributed by atoms with Gasteiger partial charge in [-0.3, -0.25) is 5.21 Å². The van der Waals surface area contributed by atoms with Gasteiger partial charge in [-0.2, -0.15) is 5.10 Å². The normalized spacial score (nSPS) is 11.7. The Labute approximate surface area is 87.0 Å². The number of hydrogen-bond acceptors (Lipinski definition) is 4. The molecule has 0 aromatic heterocycles. The van der Waals surface area contributed by atoms with Crippen molar-refractivity contribution in [2.75, 3.05) is 6.61 Å². The van der Waals surface area contributed by atoms with Crippen molar-refractivity contribution in [3.63, 3.8) is 0 Å². The maximum absolute atomic E-state index is 8.26. The predicted octanol–water partition coefficient (Wildman–Crippen LogP) is 0.345. The standard InChI is InChI=1S/C9H12N4O2/c10-9(13-14)12-11-6-7-15-8-4-2-1-3-5-8/h1-6,14H,7H2,(H3,10,12,13)/b11-6+. The molecule has 0 aliphatic heterocycles. The molecule has 0 aliphatic rings. The van der Waals surface area contributed by atoms with E-state index in [4.69, 9.17) is 15.7 Å². The lowest BCUT2D eigenvalue weighted by Gasteiger charge is -2.00. The fraction of sp³-hybridized carbons (Fsp3) is 0.111. The number of para-hydroxylation sites is 1. The van der Waals surface area contributed by atoms with Crippen LogP contribution >= 0.6 is 0 Å². The second-order valence-corrected chi connectivity index (χ2v) is 2.52. The van der Waals surface area contributed by atoms with Gasteiger partial charge < -0.3 is 10.5 Å². The van der Waals surface area contributed by atoms with Gasteiger partial charge in [0.15, 0.2) is 0 Å². The maximum Gasteiger partial charge on any atom is 0.237 e. The lowest BCUT2D eigenvalue weighted by atomic mass is 10.3. The van der Waals surface area contributed by atoms with Gasteiger partial charge in [0.05, 0.1) is 6.21 Å². The first kappa shape index (κ1) is 11.0. The first-order valence-electron chi connectivity index (χ1n) is 4.26. The summed E-state index contributed by atoms with van der Waals surface area (Å²) in [5, 5.41) is 15.2. The molecule has 1 rings (SSSR count). The molecule has 0 saturated carbocycles. The zero-order chi connectivity index (χ0) is 10.9. The Morgan fingerprint density at radius 2 is 2.20 bits per heavy atom. The largest absolute Gasteiger partial charge is 0.488 e. The molecule has 4 N–H and O–H groups in total. The zero-order valence-corrected chi connectivity index (χ0v) is 8.00. The van der Waals surface area contributed by atoms with Gasteiger partial charge in [-0.25, -0.2) is 5.48 Å². The molecule has 6 heteroatoms. The minimum absolute atomic E-state index is 0.175. The second-order valence-electron chi connectivity index (χ2n) is 2.52. The molecule has 1 aromatic carbocycles. The molecule has 0 heterocycles. The van der Waals surface area contributed by atoms with E-state index in [1.54, 1.807) is 5.48 Å². The maximum atomic E-state index is 8.26. The number of ether oxygens (including phenoxy) is 1. The third kappa shape index (κ3) is 4.63. The number of benzene rings is 1. The number of nitrogens with one attached hydrogen (secondary N) is 1. The van der Waals surface area contributed by atoms with E-state index < -0.39 is 0 Å². The van der Waals surface area contributed by atoms with Crippen LogP contribution < -0.4 is 16.0 Å². The first-order valence-corrected chi connectivity index (χ1v) is 4.26. The van der Waals surface area contributed by atoms with Gasteiger partial charge in [0.2, 0.25) is 5.96 Å². The van der Waals surface area contributed by atoms with Gasteiger partial charge in [-0.05, 0) is 12.1 Å². The summed E-state index contributed by atoms with van der Waals surface area (Å²) >= 11 is 0. The third-order valence-electron chi connectivity index (χ3n) is 1.43. The highest BCUT2D eigenvalue weighted by atomic mass is 16.5. The molecule has 0 atom stereocenters. The van der Waals surface area contributed by atoms with E-state index in [2.05, 4.69) is 10.2 Å². The molecule has 0 unspecified atom stereocenters. The lowest BCUT2D eigenvalue weighted by molar-refractivity contribution is 0.232. The molecule has 15 heavy (non-hydrogen) atoms. The van der Waals surface area contributed by atoms with E-state index in [9.17, 15) is 0 Å². The van der Waals surface area contributed by atoms with Crippen molar-refractivity contribution in [3.05, 3.63) is 30.3 Å². The highest BCUT2D eigenvalue weighted by molar-refractivity contribution is 5.77. The van der Waals surface area contributed by atoms with E-state index in [1.807, 2.05) is 30.3 Å². The van der Waals surface area contributed by atoms with Crippen LogP contribution in [0.1, 0.15) is 0 Å². The minimum atomic E-state index is -0.175. The van der Waals surface area contributed by atoms with E-state index in [0.29, 0.717) is 0 Å². The number of nitrogens with zero attached hydrogens (tertiary/aromatic N) is 2. The van der Waals surface area contributed by atoms with Crippen LogP contribution in [0.5, 0.6) is 5.75 Å². The topological polar surface area (TPSA) is 92.2 Å². The van der Waals surface area contributed by atoms with E-state index >= 15 is 0 Å². The van der Waals surface area contributed by atoms with Gasteiger partial charge in [-0.15, -0.1) is 5.10 Å². The van der Waals surface area contributed by atoms with E-state index in [-0.39, 0.29) is 12.6 Å². The molecule has 1 aromatic rings. The summed E-state index contributed by atoms with van der Waals surface area (Å²) in [7, 11) is 0. The smallest absolute Gasteiger partial charge is 0.237 e. The minimum Gasteiger partial charge on any atom is -0.488 e. The Balaban J connectivity index is 2.28. The highest BCUT2D eigenvalue weighted by Gasteiger charge is 1.87. The Bertz CT molecular complexity index is 337. The van der Waals surface area contributed by atoms with Crippen LogP contribution in [-0.4, -0.2) is 24.0 Å². The summed E-state index contributed by atoms with van der Waals surface area (Å²) < 4.78 is 5.28. The van der Waals surface area contributed by atoms with E-state index in [0.717, 1.165) is 5.75 Å². The predicted molar refractivity (Wildman–Crippen MR) is 57.0 cm³/mol. The summed E-state index contributed by atoms with van der Waals surface area (Å²) in [5.41, 5.74) is 6.75. The van der Waals surface area contributed by atoms with Crippen LogP contribution in [0.25, 0.3) is 0 Å². The van der Waals surface area contributed by atoms with Crippen LogP contribution in [-0.2, 0) is 0 Å². The van der Waals surface area contributed by atoms with Crippen molar-refractivity contribution in [2.24, 2.45) is 15.9 Å². The van der Waals surface area contributed by atoms with Crippen LogP contribution in [0.15, 0.2) is 40.5 Å². The number of rotatable bonds is 4. The molecule has 0 bridgehead atoms. The van der Waals surface area contributed by atoms with Crippen LogP contribution in [0, 0.1) is 0 Å². The van der Waals surface area contributed by atoms with Gasteiger partial charge in [0.1, 0.15) is 12.4 Å². The highest BCUT2D eigenvalue weighted by Crippen LogP contribution is 2.06. The molecule has 0 radical (unpaired) electrons. The van der Waals surface area contributed by atoms with Crippen LogP contribution in [0.2, 0.25) is 0 Å². The zero-order valence-electron chi connectivity index (χ0n) is 8.00. The fourth-order valence-electron chi connectivity index (χ4n) is 0.809. The molecule has 0 saturated heterocycles. The lowest BCUT2D eigenvalue weighted by Crippen LogP contribution is -2.27. The van der Waals surface area contributed by atoms with Crippen molar-refractivity contribution in [1.82, 2.24) is 5.48 Å². The molecule has 6 nitrogen and oxygen atoms in total. The van der Waals surface area contributed by atoms with Crippen LogP contribution in [0.4, 0.5) is 0 Å². The SMILES string of the molecule is NC(=N/N=C/COc1ccccc1)NO. The second kappa shape index (κ2) is 6.39. The number of guanidine groups is 1. The molecular formula is C9H12N4O2. The van der Waals surface area contributed by atoms with Crippen molar-refractivity contribution >= 4 is 12.2 Å². The number of nitrogens with two attached hydrogens (primary N) is 1. The van der Waals surface area contributed by atoms with Gasteiger partial charge in [0.25, 0.3) is 0 Å². The van der Waals surface area contributed by atoms with Gasteiger partial charge in [0, 0.05) is 0 Å². The quantitative estimate of drug-likeness (QED) is 0.378. The van der Waals surface area contributed by atoms with Crippen molar-refractivity contribution < 1.29 is 9.94 Å². The van der Waals surface area contributed by atoms with Gasteiger partial charge in [-0.1, -0.05) is 18.2 Å². The molecule has 0 aliphatic carbocycles. The van der Waals surface area contributed by atoms with Crippen molar-refractivity contribution in [2.45, 2.75) is 0 Å². The average molecular weight is 208 g/mol. The van der Waals surface area contributed by atoms with Gasteiger partial charge >= 0.3 is 0 Å². The fourth-order valence-corrected chi connectivity index (χ4v) is 0.809. The Kier molecular flexibility index (Phi) is 4.68. The van der Waals surface area contributed by atoms with Crippen molar-refractivity contribution in [3.8, 4) is 5.75 Å². The number of hydrogen-bond donors (Lipinski definition) is 3. The summed E-state index contributed by atoms with van der Waals surface area (Å²) in [6, 6.07) is 9.32. The monoisotopic (exact) mass is 208 g/mol. The third-order valence-corrected chi connectivity index (χ3v) is 1.43. The van der Waals surface area contributed by atoms with Crippen LogP contribution in [0.3, 0.4) is 0 Å². The van der Waals surface area contributed by atoms with E-state index in [1.165, 1.54) is 6.21 Å². The molecule has 80 valence electrons. The summed E-state index contributed by atoms with van der Waals surface area (Å²) in [6.07, 6.45) is 1.43.